The van der Waals surface area contributed by atoms with Crippen molar-refractivity contribution in [3.63, 3.8) is 0 Å². The Labute approximate surface area is 161 Å². The first-order chi connectivity index (χ1) is 13.0. The van der Waals surface area contributed by atoms with Gasteiger partial charge in [0.2, 0.25) is 11.8 Å². The van der Waals surface area contributed by atoms with Crippen LogP contribution in [-0.4, -0.2) is 62.7 Å². The highest BCUT2D eigenvalue weighted by molar-refractivity contribution is 5.92. The summed E-state index contributed by atoms with van der Waals surface area (Å²) in [5, 5.41) is 8.67. The van der Waals surface area contributed by atoms with Crippen LogP contribution in [0.25, 0.3) is 0 Å². The number of hydrogen-bond acceptors (Lipinski definition) is 7. The molecule has 0 aliphatic carbocycles. The molecule has 9 heteroatoms. The van der Waals surface area contributed by atoms with E-state index in [2.05, 4.69) is 16.0 Å². The van der Waals surface area contributed by atoms with E-state index in [-0.39, 0.29) is 17.9 Å². The van der Waals surface area contributed by atoms with E-state index in [4.69, 9.17) is 16.2 Å². The first-order valence-corrected chi connectivity index (χ1v) is 9.85. The van der Waals surface area contributed by atoms with Crippen molar-refractivity contribution in [2.45, 2.75) is 69.5 Å². The van der Waals surface area contributed by atoms with Crippen LogP contribution in [0.3, 0.4) is 0 Å². The predicted octanol–water partition coefficient (Wildman–Crippen LogP) is -0.861. The molecule has 156 valence electrons. The molecule has 2 amide bonds. The SMILES string of the molecule is COC(=O)[C@H](CCCCN)NC(=O)[C@H](CCCCN)NC(=O)[C@@H]1CCCN1. The second-order valence-electron chi connectivity index (χ2n) is 6.86. The highest BCUT2D eigenvalue weighted by Gasteiger charge is 2.29. The number of rotatable bonds is 13. The van der Waals surface area contributed by atoms with Crippen molar-refractivity contribution < 1.29 is 19.1 Å². The second kappa shape index (κ2) is 13.5. The van der Waals surface area contributed by atoms with Gasteiger partial charge in [0, 0.05) is 0 Å². The minimum Gasteiger partial charge on any atom is -0.467 e. The Balaban J connectivity index is 2.69. The lowest BCUT2D eigenvalue weighted by molar-refractivity contribution is -0.145. The maximum absolute atomic E-state index is 12.7. The predicted molar refractivity (Wildman–Crippen MR) is 103 cm³/mol. The second-order valence-corrected chi connectivity index (χ2v) is 6.86. The maximum atomic E-state index is 12.7. The van der Waals surface area contributed by atoms with Crippen LogP contribution < -0.4 is 27.4 Å². The molecule has 1 rings (SSSR count). The molecular formula is C18H35N5O4. The number of carbonyl (C=O) groups excluding carboxylic acids is 3. The molecule has 27 heavy (non-hydrogen) atoms. The number of nitrogens with one attached hydrogen (secondary N) is 3. The first kappa shape index (κ1) is 23.3. The number of methoxy groups -OCH3 is 1. The summed E-state index contributed by atoms with van der Waals surface area (Å²) < 4.78 is 4.79. The minimum atomic E-state index is -0.743. The number of unbranched alkanes of at least 4 members (excludes halogenated alkanes) is 2. The van der Waals surface area contributed by atoms with Gasteiger partial charge in [-0.05, 0) is 71.0 Å². The maximum Gasteiger partial charge on any atom is 0.328 e. The molecule has 0 saturated carbocycles. The fourth-order valence-electron chi connectivity index (χ4n) is 3.10. The topological polar surface area (TPSA) is 149 Å². The van der Waals surface area contributed by atoms with E-state index in [0.717, 1.165) is 32.2 Å². The van der Waals surface area contributed by atoms with Crippen LogP contribution in [0, 0.1) is 0 Å². The Morgan fingerprint density at radius 3 is 2.19 bits per heavy atom. The Kier molecular flexibility index (Phi) is 11.6. The van der Waals surface area contributed by atoms with Crippen LogP contribution in [0.4, 0.5) is 0 Å². The van der Waals surface area contributed by atoms with Gasteiger partial charge in [-0.1, -0.05) is 0 Å². The summed E-state index contributed by atoms with van der Waals surface area (Å²) in [6.45, 7) is 1.85. The molecule has 0 aromatic heterocycles. The Bertz CT molecular complexity index is 469. The number of carbonyl (C=O) groups is 3. The molecule has 0 aromatic rings. The summed E-state index contributed by atoms with van der Waals surface area (Å²) in [7, 11) is 1.29. The highest BCUT2D eigenvalue weighted by Crippen LogP contribution is 2.09. The van der Waals surface area contributed by atoms with Crippen molar-refractivity contribution in [3.8, 4) is 0 Å². The van der Waals surface area contributed by atoms with Gasteiger partial charge in [0.15, 0.2) is 0 Å². The van der Waals surface area contributed by atoms with Gasteiger partial charge < -0.3 is 32.2 Å². The number of hydrogen-bond donors (Lipinski definition) is 5. The van der Waals surface area contributed by atoms with Crippen LogP contribution in [-0.2, 0) is 19.1 Å². The van der Waals surface area contributed by atoms with Gasteiger partial charge in [0.1, 0.15) is 12.1 Å². The van der Waals surface area contributed by atoms with Crippen LogP contribution in [0.15, 0.2) is 0 Å². The number of amides is 2. The largest absolute Gasteiger partial charge is 0.467 e. The molecule has 0 spiro atoms. The summed E-state index contributed by atoms with van der Waals surface area (Å²) in [5.74, 6) is -1.05. The molecule has 1 aliphatic rings. The van der Waals surface area contributed by atoms with E-state index >= 15 is 0 Å². The van der Waals surface area contributed by atoms with E-state index in [0.29, 0.717) is 38.8 Å². The van der Waals surface area contributed by atoms with Gasteiger partial charge >= 0.3 is 5.97 Å². The van der Waals surface area contributed by atoms with Gasteiger partial charge in [-0.25, -0.2) is 4.79 Å². The Hall–Kier alpha value is -1.71. The molecular weight excluding hydrogens is 350 g/mol. The average molecular weight is 386 g/mol. The average Bonchev–Trinajstić information content (AvgIpc) is 3.20. The van der Waals surface area contributed by atoms with Gasteiger partial charge in [0.05, 0.1) is 13.2 Å². The summed E-state index contributed by atoms with van der Waals surface area (Å²) in [5.41, 5.74) is 11.0. The third kappa shape index (κ3) is 8.68. The molecule has 1 saturated heterocycles. The van der Waals surface area contributed by atoms with E-state index in [9.17, 15) is 14.4 Å². The number of ether oxygens (including phenoxy) is 1. The van der Waals surface area contributed by atoms with Crippen LogP contribution >= 0.6 is 0 Å². The zero-order valence-electron chi connectivity index (χ0n) is 16.3. The summed E-state index contributed by atoms with van der Waals surface area (Å²) in [6.07, 6.45) is 5.55. The van der Waals surface area contributed by atoms with E-state index < -0.39 is 18.1 Å². The van der Waals surface area contributed by atoms with Gasteiger partial charge in [0.25, 0.3) is 0 Å². The fourth-order valence-corrected chi connectivity index (χ4v) is 3.10. The molecule has 1 heterocycles. The van der Waals surface area contributed by atoms with Gasteiger partial charge in [-0.2, -0.15) is 0 Å². The minimum absolute atomic E-state index is 0.182. The molecule has 7 N–H and O–H groups in total. The highest BCUT2D eigenvalue weighted by atomic mass is 16.5. The lowest BCUT2D eigenvalue weighted by Crippen LogP contribution is -2.54. The van der Waals surface area contributed by atoms with Crippen molar-refractivity contribution in [2.75, 3.05) is 26.7 Å². The zero-order valence-corrected chi connectivity index (χ0v) is 16.3. The first-order valence-electron chi connectivity index (χ1n) is 9.85. The summed E-state index contributed by atoms with van der Waals surface area (Å²) in [6, 6.07) is -1.71. The molecule has 1 aliphatic heterocycles. The normalized spacial score (nSPS) is 18.6. The summed E-state index contributed by atoms with van der Waals surface area (Å²) >= 11 is 0. The van der Waals surface area contributed by atoms with Crippen molar-refractivity contribution in [1.82, 2.24) is 16.0 Å². The van der Waals surface area contributed by atoms with Gasteiger partial charge in [-0.3, -0.25) is 9.59 Å². The lowest BCUT2D eigenvalue weighted by Gasteiger charge is -2.23. The van der Waals surface area contributed by atoms with E-state index in [1.54, 1.807) is 0 Å². The molecule has 0 bridgehead atoms. The van der Waals surface area contributed by atoms with Crippen molar-refractivity contribution in [2.24, 2.45) is 11.5 Å². The van der Waals surface area contributed by atoms with Crippen LogP contribution in [0.2, 0.25) is 0 Å². The third-order valence-corrected chi connectivity index (χ3v) is 4.71. The Morgan fingerprint density at radius 2 is 1.67 bits per heavy atom. The fraction of sp³-hybridized carbons (Fsp3) is 0.833. The number of nitrogens with two attached hydrogens (primary N) is 2. The molecule has 3 atom stereocenters. The lowest BCUT2D eigenvalue weighted by atomic mass is 10.1. The van der Waals surface area contributed by atoms with Crippen molar-refractivity contribution in [1.29, 1.82) is 0 Å². The van der Waals surface area contributed by atoms with Crippen LogP contribution in [0.1, 0.15) is 51.4 Å². The molecule has 0 unspecified atom stereocenters. The van der Waals surface area contributed by atoms with Crippen molar-refractivity contribution >= 4 is 17.8 Å². The zero-order chi connectivity index (χ0) is 20.1. The van der Waals surface area contributed by atoms with E-state index in [1.807, 2.05) is 0 Å². The monoisotopic (exact) mass is 385 g/mol. The van der Waals surface area contributed by atoms with Crippen LogP contribution in [0.5, 0.6) is 0 Å². The molecule has 1 fully saturated rings. The van der Waals surface area contributed by atoms with E-state index in [1.165, 1.54) is 7.11 Å². The molecule has 0 radical (unpaired) electrons. The molecule has 0 aromatic carbocycles. The van der Waals surface area contributed by atoms with Gasteiger partial charge in [-0.15, -0.1) is 0 Å². The van der Waals surface area contributed by atoms with Crippen molar-refractivity contribution in [3.05, 3.63) is 0 Å². The quantitative estimate of drug-likeness (QED) is 0.205. The third-order valence-electron chi connectivity index (χ3n) is 4.71. The number of esters is 1. The standard InChI is InChI=1S/C18H35N5O4/c1-27-18(26)15(8-3-5-11-20)23-17(25)14(7-2-4-10-19)22-16(24)13-9-6-12-21-13/h13-15,21H,2-12,19-20H2,1H3,(H,22,24)(H,23,25)/t13-,14-,15-/m0/s1. The smallest absolute Gasteiger partial charge is 0.328 e. The summed E-state index contributed by atoms with van der Waals surface area (Å²) in [4.78, 5) is 37.1. The molecule has 9 nitrogen and oxygen atoms in total. The Morgan fingerprint density at radius 1 is 1.04 bits per heavy atom.